The fourth-order valence-corrected chi connectivity index (χ4v) is 2.73. The van der Waals surface area contributed by atoms with Gasteiger partial charge in [0, 0.05) is 18.9 Å². The van der Waals surface area contributed by atoms with Crippen molar-refractivity contribution in [1.82, 2.24) is 4.90 Å². The summed E-state index contributed by atoms with van der Waals surface area (Å²) in [5, 5.41) is 0. The average Bonchev–Trinajstić information content (AvgIpc) is 2.78. The number of hydrogen-bond donors (Lipinski definition) is 0. The van der Waals surface area contributed by atoms with Crippen molar-refractivity contribution in [3.05, 3.63) is 48.0 Å². The zero-order chi connectivity index (χ0) is 14.9. The van der Waals surface area contributed by atoms with Gasteiger partial charge in [0.1, 0.15) is 0 Å². The molecule has 20 heavy (non-hydrogen) atoms. The molecule has 1 heterocycles. The van der Waals surface area contributed by atoms with E-state index in [0.29, 0.717) is 12.3 Å². The van der Waals surface area contributed by atoms with Crippen molar-refractivity contribution < 1.29 is 4.79 Å². The van der Waals surface area contributed by atoms with Gasteiger partial charge in [-0.3, -0.25) is 4.79 Å². The van der Waals surface area contributed by atoms with E-state index in [2.05, 4.69) is 58.5 Å². The fourth-order valence-electron chi connectivity index (χ4n) is 2.73. The van der Waals surface area contributed by atoms with E-state index >= 15 is 0 Å². The smallest absolute Gasteiger partial charge is 0.223 e. The first-order chi connectivity index (χ1) is 9.32. The lowest BCUT2D eigenvalue weighted by Gasteiger charge is -2.26. The second-order valence-electron chi connectivity index (χ2n) is 6.79. The molecule has 0 aliphatic carbocycles. The summed E-state index contributed by atoms with van der Waals surface area (Å²) in [6.07, 6.45) is 2.50. The highest BCUT2D eigenvalue weighted by Crippen LogP contribution is 2.30. The highest BCUT2D eigenvalue weighted by molar-refractivity contribution is 5.79. The number of likely N-dealkylation sites (tertiary alicyclic amines) is 1. The normalized spacial score (nSPS) is 21.1. The van der Waals surface area contributed by atoms with Crippen LogP contribution in [-0.2, 0) is 10.2 Å². The lowest BCUT2D eigenvalue weighted by Crippen LogP contribution is -2.28. The predicted molar refractivity (Wildman–Crippen MR) is 83.6 cm³/mol. The van der Waals surface area contributed by atoms with Gasteiger partial charge >= 0.3 is 0 Å². The van der Waals surface area contributed by atoms with Crippen molar-refractivity contribution in [1.29, 1.82) is 0 Å². The molecule has 2 nitrogen and oxygen atoms in total. The van der Waals surface area contributed by atoms with Gasteiger partial charge in [-0.05, 0) is 23.5 Å². The third-order valence-corrected chi connectivity index (χ3v) is 4.25. The number of carbonyl (C=O) groups is 1. The Morgan fingerprint density at radius 1 is 1.30 bits per heavy atom. The molecule has 108 valence electrons. The molecular formula is C18H25NO. The molecule has 2 atom stereocenters. The van der Waals surface area contributed by atoms with Crippen LogP contribution in [0.5, 0.6) is 0 Å². The van der Waals surface area contributed by atoms with Crippen molar-refractivity contribution >= 4 is 5.91 Å². The molecule has 0 spiro atoms. The Balaban J connectivity index is 2.15. The maximum Gasteiger partial charge on any atom is 0.223 e. The minimum Gasteiger partial charge on any atom is -0.335 e. The number of rotatable bonds is 3. The molecule has 0 saturated carbocycles. The maximum atomic E-state index is 12.1. The SMILES string of the molecule is C=CC1CC(=O)N(C(C)c2ccc(C(C)(C)C)cc2)C1. The number of carbonyl (C=O) groups excluding carboxylic acids is 1. The summed E-state index contributed by atoms with van der Waals surface area (Å²) in [6, 6.07) is 8.80. The monoisotopic (exact) mass is 271 g/mol. The zero-order valence-electron chi connectivity index (χ0n) is 13.0. The second-order valence-corrected chi connectivity index (χ2v) is 6.79. The average molecular weight is 271 g/mol. The van der Waals surface area contributed by atoms with Crippen LogP contribution in [0.4, 0.5) is 0 Å². The second kappa shape index (κ2) is 5.43. The standard InChI is InChI=1S/C18H25NO/c1-6-14-11-17(20)19(12-14)13(2)15-7-9-16(10-8-15)18(3,4)5/h6-10,13-14H,1,11-12H2,2-5H3. The fraction of sp³-hybridized carbons (Fsp3) is 0.500. The van der Waals surface area contributed by atoms with Crippen LogP contribution < -0.4 is 0 Å². The first-order valence-electron chi connectivity index (χ1n) is 7.35. The van der Waals surface area contributed by atoms with Crippen LogP contribution in [0.1, 0.15) is 51.3 Å². The van der Waals surface area contributed by atoms with Crippen LogP contribution in [0, 0.1) is 5.92 Å². The van der Waals surface area contributed by atoms with Crippen molar-refractivity contribution in [3.8, 4) is 0 Å². The first-order valence-corrected chi connectivity index (χ1v) is 7.35. The summed E-state index contributed by atoms with van der Waals surface area (Å²) in [7, 11) is 0. The van der Waals surface area contributed by atoms with Gasteiger partial charge in [-0.25, -0.2) is 0 Å². The third-order valence-electron chi connectivity index (χ3n) is 4.25. The summed E-state index contributed by atoms with van der Waals surface area (Å²) in [5.74, 6) is 0.543. The van der Waals surface area contributed by atoms with Gasteiger partial charge < -0.3 is 4.90 Å². The van der Waals surface area contributed by atoms with Gasteiger partial charge in [-0.2, -0.15) is 0 Å². The quantitative estimate of drug-likeness (QED) is 0.759. The molecule has 1 aromatic carbocycles. The van der Waals surface area contributed by atoms with E-state index in [1.807, 2.05) is 11.0 Å². The zero-order valence-corrected chi connectivity index (χ0v) is 13.0. The van der Waals surface area contributed by atoms with E-state index in [0.717, 1.165) is 6.54 Å². The lowest BCUT2D eigenvalue weighted by atomic mass is 9.86. The van der Waals surface area contributed by atoms with Crippen LogP contribution in [0.3, 0.4) is 0 Å². The molecular weight excluding hydrogens is 246 g/mol. The summed E-state index contributed by atoms with van der Waals surface area (Å²) < 4.78 is 0. The van der Waals surface area contributed by atoms with E-state index in [4.69, 9.17) is 0 Å². The molecule has 1 aliphatic rings. The highest BCUT2D eigenvalue weighted by atomic mass is 16.2. The van der Waals surface area contributed by atoms with E-state index in [1.165, 1.54) is 11.1 Å². The minimum absolute atomic E-state index is 0.140. The molecule has 2 unspecified atom stereocenters. The van der Waals surface area contributed by atoms with Crippen LogP contribution in [0.15, 0.2) is 36.9 Å². The molecule has 0 radical (unpaired) electrons. The van der Waals surface area contributed by atoms with E-state index in [1.54, 1.807) is 0 Å². The van der Waals surface area contributed by atoms with E-state index in [9.17, 15) is 4.79 Å². The van der Waals surface area contributed by atoms with Gasteiger partial charge in [0.15, 0.2) is 0 Å². The van der Waals surface area contributed by atoms with Crippen LogP contribution in [0.25, 0.3) is 0 Å². The third kappa shape index (κ3) is 2.95. The largest absolute Gasteiger partial charge is 0.335 e. The number of nitrogens with zero attached hydrogens (tertiary/aromatic N) is 1. The molecule has 1 saturated heterocycles. The molecule has 0 N–H and O–H groups in total. The molecule has 0 aromatic heterocycles. The molecule has 2 heteroatoms. The topological polar surface area (TPSA) is 20.3 Å². The predicted octanol–water partition coefficient (Wildman–Crippen LogP) is 4.08. The van der Waals surface area contributed by atoms with Crippen molar-refractivity contribution in [2.45, 2.75) is 45.6 Å². The minimum atomic E-state index is 0.140. The Kier molecular flexibility index (Phi) is 4.03. The lowest BCUT2D eigenvalue weighted by molar-refractivity contribution is -0.129. The Morgan fingerprint density at radius 3 is 2.35 bits per heavy atom. The Hall–Kier alpha value is -1.57. The van der Waals surface area contributed by atoms with Gasteiger partial charge in [0.25, 0.3) is 0 Å². The summed E-state index contributed by atoms with van der Waals surface area (Å²) >= 11 is 0. The Labute approximate surface area is 122 Å². The van der Waals surface area contributed by atoms with E-state index in [-0.39, 0.29) is 17.4 Å². The molecule has 1 aliphatic heterocycles. The number of hydrogen-bond acceptors (Lipinski definition) is 1. The van der Waals surface area contributed by atoms with Crippen LogP contribution in [-0.4, -0.2) is 17.4 Å². The Bertz CT molecular complexity index is 495. The van der Waals surface area contributed by atoms with Gasteiger partial charge in [-0.1, -0.05) is 51.1 Å². The van der Waals surface area contributed by atoms with Crippen molar-refractivity contribution in [3.63, 3.8) is 0 Å². The molecule has 0 bridgehead atoms. The Morgan fingerprint density at radius 2 is 1.90 bits per heavy atom. The van der Waals surface area contributed by atoms with Gasteiger partial charge in [-0.15, -0.1) is 6.58 Å². The summed E-state index contributed by atoms with van der Waals surface area (Å²) in [4.78, 5) is 14.0. The summed E-state index contributed by atoms with van der Waals surface area (Å²) in [5.41, 5.74) is 2.69. The van der Waals surface area contributed by atoms with Crippen molar-refractivity contribution in [2.24, 2.45) is 5.92 Å². The van der Waals surface area contributed by atoms with Crippen LogP contribution in [0.2, 0.25) is 0 Å². The molecule has 1 amide bonds. The first kappa shape index (κ1) is 14.8. The summed E-state index contributed by atoms with van der Waals surface area (Å²) in [6.45, 7) is 13.3. The molecule has 1 fully saturated rings. The number of benzene rings is 1. The number of amides is 1. The van der Waals surface area contributed by atoms with Crippen LogP contribution >= 0.6 is 0 Å². The molecule has 1 aromatic rings. The van der Waals surface area contributed by atoms with Gasteiger partial charge in [0.05, 0.1) is 6.04 Å². The van der Waals surface area contributed by atoms with E-state index < -0.39 is 0 Å². The maximum absolute atomic E-state index is 12.1. The highest BCUT2D eigenvalue weighted by Gasteiger charge is 2.31. The van der Waals surface area contributed by atoms with Gasteiger partial charge in [0.2, 0.25) is 5.91 Å². The van der Waals surface area contributed by atoms with Crippen molar-refractivity contribution in [2.75, 3.05) is 6.54 Å². The molecule has 2 rings (SSSR count).